The summed E-state index contributed by atoms with van der Waals surface area (Å²) in [4.78, 5) is 204. The van der Waals surface area contributed by atoms with Crippen LogP contribution in [0.5, 0.6) is 11.5 Å². The van der Waals surface area contributed by atoms with Crippen LogP contribution in [0.1, 0.15) is 80.6 Å². The Kier molecular flexibility index (Phi) is 30.1. The summed E-state index contributed by atoms with van der Waals surface area (Å²) < 4.78 is 81.2. The molecule has 43 nitrogen and oxygen atoms in total. The van der Waals surface area contributed by atoms with Gasteiger partial charge in [-0.05, 0) is 63.2 Å². The number of hydrogen-bond acceptors (Lipinski definition) is 27. The second-order valence-corrected chi connectivity index (χ2v) is 31.1. The molecule has 6 amide bonds. The fraction of sp³-hybridized carbons (Fsp3) is 0.267. The van der Waals surface area contributed by atoms with Crippen LogP contribution in [-0.4, -0.2) is 262 Å². The molecule has 0 spiro atoms. The van der Waals surface area contributed by atoms with Crippen molar-refractivity contribution in [1.29, 1.82) is 0 Å². The third-order valence-electron chi connectivity index (χ3n) is 19.7. The van der Waals surface area contributed by atoms with E-state index in [9.17, 15) is 86.2 Å². The van der Waals surface area contributed by atoms with Crippen LogP contribution in [0.2, 0.25) is 0 Å². The molecular formula is C75H74FN20Na2O23P3. The molecule has 15 rings (SSSR count). The number of carbonyl (C=O) groups excluding carboxylic acids is 9. The fourth-order valence-corrected chi connectivity index (χ4v) is 14.7. The maximum atomic E-state index is 15.1. The first-order valence-electron chi connectivity index (χ1n) is 36.9. The van der Waals surface area contributed by atoms with Crippen molar-refractivity contribution in [3.8, 4) is 29.0 Å². The van der Waals surface area contributed by atoms with Crippen LogP contribution < -0.4 is 78.4 Å². The van der Waals surface area contributed by atoms with E-state index in [-0.39, 0.29) is 228 Å². The molecule has 49 heteroatoms. The van der Waals surface area contributed by atoms with Crippen molar-refractivity contribution >= 4 is 109 Å². The molecule has 0 unspecified atom stereocenters. The predicted octanol–water partition coefficient (Wildman–Crippen LogP) is -2.94. The number of ether oxygens (including phenoxy) is 2. The Balaban J connectivity index is 0.000000180. The zero-order chi connectivity index (χ0) is 87.2. The quantitative estimate of drug-likeness (QED) is 0.0215. The van der Waals surface area contributed by atoms with Gasteiger partial charge in [-0.15, -0.1) is 5.10 Å². The molecule has 9 aromatic heterocycles. The number of hydrogen-bond donors (Lipinski definition) is 4. The molecule has 124 heavy (non-hydrogen) atoms. The Morgan fingerprint density at radius 1 is 0.476 bits per heavy atom. The van der Waals surface area contributed by atoms with Gasteiger partial charge in [0.2, 0.25) is 0 Å². The Morgan fingerprint density at radius 2 is 0.871 bits per heavy atom. The average molecular weight is 1780 g/mol. The molecule has 12 heterocycles. The van der Waals surface area contributed by atoms with Crippen LogP contribution in [0.15, 0.2) is 159 Å². The number of rotatable bonds is 23. The number of carbonyl (C=O) groups is 9. The molecule has 636 valence electrons. The summed E-state index contributed by atoms with van der Waals surface area (Å²) in [6.07, 6.45) is 12.8. The molecule has 1 atom stereocenters. The number of benzene rings is 3. The molecule has 0 saturated carbocycles. The van der Waals surface area contributed by atoms with Gasteiger partial charge in [-0.25, -0.2) is 47.5 Å². The zero-order valence-corrected chi connectivity index (χ0v) is 73.9. The first-order chi connectivity index (χ1) is 58.2. The molecular weight excluding hydrogens is 1710 g/mol. The van der Waals surface area contributed by atoms with E-state index < -0.39 is 90.1 Å². The van der Waals surface area contributed by atoms with Crippen LogP contribution in [0.4, 0.5) is 4.39 Å². The maximum Gasteiger partial charge on any atom is 1.00 e. The van der Waals surface area contributed by atoms with Crippen molar-refractivity contribution in [3.63, 3.8) is 0 Å². The number of fused-ring (bicyclic) bond motifs is 3. The molecule has 3 aliphatic heterocycles. The number of pyridine rings is 3. The summed E-state index contributed by atoms with van der Waals surface area (Å²) in [6.45, 7) is 4.80. The van der Waals surface area contributed by atoms with E-state index in [2.05, 4.69) is 45.0 Å². The fourth-order valence-electron chi connectivity index (χ4n) is 13.9. The predicted molar refractivity (Wildman–Crippen MR) is 418 cm³/mol. The number of halogens is 1. The Labute approximate surface area is 746 Å². The molecule has 12 aromatic rings. The number of Topliss-reactive ketones (excluding diaryl/α,β-unsaturated/α-hetero) is 3. The molecule has 0 aliphatic carbocycles. The second kappa shape index (κ2) is 39.8. The van der Waals surface area contributed by atoms with Crippen molar-refractivity contribution in [2.24, 2.45) is 0 Å². The number of phosphoric ester groups is 3. The van der Waals surface area contributed by atoms with Crippen LogP contribution in [-0.2, 0) is 61.8 Å². The number of piperazine rings is 3. The van der Waals surface area contributed by atoms with E-state index >= 15 is 4.39 Å². The van der Waals surface area contributed by atoms with Crippen molar-refractivity contribution in [1.82, 2.24) is 97.6 Å². The summed E-state index contributed by atoms with van der Waals surface area (Å²) in [5.74, 6) is -5.80. The number of aromatic nitrogens is 14. The molecule has 3 aliphatic rings. The third kappa shape index (κ3) is 21.1. The Morgan fingerprint density at radius 3 is 1.27 bits per heavy atom. The van der Waals surface area contributed by atoms with Gasteiger partial charge in [-0.3, -0.25) is 52.2 Å². The summed E-state index contributed by atoms with van der Waals surface area (Å²) in [5.41, 5.74) is 1.95. The minimum atomic E-state index is -5.45. The smallest absolute Gasteiger partial charge is 0.790 e. The number of ketones is 3. The molecule has 0 bridgehead atoms. The van der Waals surface area contributed by atoms with Gasteiger partial charge in [0.25, 0.3) is 52.8 Å². The monoisotopic (exact) mass is 1780 g/mol. The van der Waals surface area contributed by atoms with Gasteiger partial charge >= 0.3 is 74.8 Å². The van der Waals surface area contributed by atoms with E-state index in [4.69, 9.17) is 18.5 Å². The maximum absolute atomic E-state index is 15.1. The van der Waals surface area contributed by atoms with Gasteiger partial charge in [-0.2, -0.15) is 10.2 Å². The van der Waals surface area contributed by atoms with Crippen molar-refractivity contribution in [3.05, 3.63) is 210 Å². The van der Waals surface area contributed by atoms with Crippen LogP contribution in [0.25, 0.3) is 50.2 Å². The summed E-state index contributed by atoms with van der Waals surface area (Å²) in [7, 11) is -12.5. The third-order valence-corrected chi connectivity index (χ3v) is 21.0. The molecule has 3 aromatic carbocycles. The average Bonchev–Trinajstić information content (AvgIpc) is 1.60. The van der Waals surface area contributed by atoms with Crippen LogP contribution in [0.3, 0.4) is 0 Å². The van der Waals surface area contributed by atoms with Gasteiger partial charge in [0, 0.05) is 120 Å². The van der Waals surface area contributed by atoms with Crippen LogP contribution >= 0.6 is 23.5 Å². The number of amides is 6. The molecule has 0 radical (unpaired) electrons. The van der Waals surface area contributed by atoms with E-state index in [1.807, 2.05) is 19.1 Å². The minimum absolute atomic E-state index is 0. The summed E-state index contributed by atoms with van der Waals surface area (Å²) >= 11 is 0. The second-order valence-electron chi connectivity index (χ2n) is 27.5. The van der Waals surface area contributed by atoms with Gasteiger partial charge in [0.05, 0.1) is 103 Å². The summed E-state index contributed by atoms with van der Waals surface area (Å²) in [6, 6.07) is 27.6. The standard InChI is InChI=1S/C27H29N6O8P.C25H26N7O8P.C23H21FN7O7P.2Na/c1-17-9-10-33(29-17)25-23-22(21(40-3)13-28-25)20(15-31(23)16-41-42(37,38)39)24(34)27(36)30-11-12-32(18(2)14-30)26(35)19-7-5-4-6-8-19;1-16-27-14-32(28-16)23-21-20(19(39-2)12-26-23)18(13-31(21)15-40-41(36,37)38)22(33)25(35)30-10-8-29(9-11-30)24(34)17-6-4-3-5-7-17;24-17-12-25-21(31-7-6-26-27-31)19-18(17)16(13-30(19)14-38-39(35,36)37)20(32)23(34)29-10-8-28(9-11-29)22(33)15-4-2-1-3-5-15;;/h4-10,13,15,18H,11-12,14,16H2,1-3H3,(H2,37,38,39);3-7,12-14H,8-11,15H2,1-2H3,(H2,36,37,38);1-7,12-13H,8-11,14H2,(H2,35,36,37);;/q;;;2*+1/p-2/t18-;;;;/m1..../s1. The Bertz CT molecular complexity index is 6170. The first-order valence-corrected chi connectivity index (χ1v) is 41.4. The zero-order valence-electron chi connectivity index (χ0n) is 67.2. The number of methoxy groups -OCH3 is 2. The normalized spacial score (nSPS) is 14.4. The van der Waals surface area contributed by atoms with E-state index in [1.165, 1.54) is 90.9 Å². The molecule has 4 N–H and O–H groups in total. The first kappa shape index (κ1) is 93.6. The van der Waals surface area contributed by atoms with Crippen molar-refractivity contribution in [2.75, 3.05) is 86.2 Å². The number of nitrogens with zero attached hydrogens (tertiary/aromatic N) is 20. The van der Waals surface area contributed by atoms with Crippen molar-refractivity contribution < 1.29 is 173 Å². The van der Waals surface area contributed by atoms with Gasteiger partial charge in [-0.1, -0.05) is 59.8 Å². The SMILES string of the molecule is COc1cnc(-n2ccc(C)n2)c2c1c(C(=O)C(=O)N1CCN(C(=O)c3ccccc3)[C@H](C)C1)cn2COP(=O)(O)O.COc1cnc(-n2cnc(C)n2)c2c1c(C(=O)C(=O)N1CCN(C(=O)c3ccccc3)CC1)cn2COP(=O)(O)O.O=C(C(=O)N1CCN(C(=O)c2ccccc2)CC1)c1cn(COP(=O)([O-])[O-])c2c(-n3ccnn3)ncc(F)c12.[Na+].[Na+]. The molecule has 3 fully saturated rings. The van der Waals surface area contributed by atoms with E-state index in [0.717, 1.165) is 21.6 Å². The van der Waals surface area contributed by atoms with E-state index in [1.54, 1.807) is 120 Å². The van der Waals surface area contributed by atoms with Gasteiger partial charge in [0.1, 0.15) is 49.4 Å². The van der Waals surface area contributed by atoms with Gasteiger partial charge in [0.15, 0.2) is 23.3 Å². The Hall–Kier alpha value is -11.1. The summed E-state index contributed by atoms with van der Waals surface area (Å²) in [5, 5.41) is 16.1. The van der Waals surface area contributed by atoms with E-state index in [0.29, 0.717) is 28.2 Å². The van der Waals surface area contributed by atoms with Gasteiger partial charge < -0.3 is 91.0 Å². The topological polar surface area (TPSA) is 530 Å². The minimum Gasteiger partial charge on any atom is -0.790 e. The number of phosphoric acid groups is 3. The molecule has 3 saturated heterocycles. The van der Waals surface area contributed by atoms with Crippen molar-refractivity contribution in [2.45, 2.75) is 47.0 Å². The largest absolute Gasteiger partial charge is 1.00 e. The number of aryl methyl sites for hydroxylation is 2. The van der Waals surface area contributed by atoms with Crippen LogP contribution in [0, 0.1) is 19.7 Å².